The van der Waals surface area contributed by atoms with Gasteiger partial charge < -0.3 is 9.84 Å². The van der Waals surface area contributed by atoms with E-state index in [0.29, 0.717) is 17.4 Å². The van der Waals surface area contributed by atoms with E-state index in [0.717, 1.165) is 65.3 Å². The van der Waals surface area contributed by atoms with E-state index in [9.17, 15) is 5.11 Å². The first kappa shape index (κ1) is 27.3. The van der Waals surface area contributed by atoms with Crippen molar-refractivity contribution in [2.75, 3.05) is 7.11 Å². The van der Waals surface area contributed by atoms with Crippen molar-refractivity contribution >= 4 is 40.9 Å². The fraction of sp³-hybridized carbons (Fsp3) is 0.519. The second kappa shape index (κ2) is 11.8. The first-order valence-corrected chi connectivity index (χ1v) is 17.4. The normalized spacial score (nSPS) is 21.5. The van der Waals surface area contributed by atoms with Crippen LogP contribution in [0.15, 0.2) is 41.1 Å². The molecule has 9 heteroatoms. The number of hydrogen-bond donors (Lipinski definition) is 1. The molecule has 0 aliphatic heterocycles. The summed E-state index contributed by atoms with van der Waals surface area (Å²) in [6.07, 6.45) is 9.48. The van der Waals surface area contributed by atoms with Crippen LogP contribution >= 0.6 is 27.5 Å². The van der Waals surface area contributed by atoms with Gasteiger partial charge in [0.1, 0.15) is 13.8 Å². The number of fused-ring (bicyclic) bond motifs is 1. The lowest BCUT2D eigenvalue weighted by molar-refractivity contribution is 0.0931. The van der Waals surface area contributed by atoms with Crippen molar-refractivity contribution in [2.45, 2.75) is 76.7 Å². The van der Waals surface area contributed by atoms with Crippen molar-refractivity contribution in [3.05, 3.63) is 63.0 Å². The number of benzene rings is 1. The molecule has 0 radical (unpaired) electrons. The molecule has 0 bridgehead atoms. The smallest absolute Gasteiger partial charge is 0.118 e. The zero-order valence-electron chi connectivity index (χ0n) is 21.5. The molecule has 0 amide bonds. The molecule has 3 atom stereocenters. The molecule has 2 aromatic heterocycles. The average molecular weight is 592 g/mol. The first-order chi connectivity index (χ1) is 17.2. The van der Waals surface area contributed by atoms with E-state index in [1.54, 1.807) is 13.3 Å². The zero-order chi connectivity index (χ0) is 25.9. The second-order valence-electron chi connectivity index (χ2n) is 10.9. The lowest BCUT2D eigenvalue weighted by atomic mass is 9.88. The molecular weight excluding hydrogens is 556 g/mol. The fourth-order valence-corrected chi connectivity index (χ4v) is 6.39. The van der Waals surface area contributed by atoms with Crippen LogP contribution in [0.4, 0.5) is 0 Å². The van der Waals surface area contributed by atoms with Crippen molar-refractivity contribution in [1.82, 2.24) is 20.0 Å². The molecule has 1 aliphatic carbocycles. The van der Waals surface area contributed by atoms with Crippen LogP contribution in [-0.4, -0.2) is 46.4 Å². The molecule has 2 heterocycles. The lowest BCUT2D eigenvalue weighted by Gasteiger charge is -2.24. The topological polar surface area (TPSA) is 73.1 Å². The van der Waals surface area contributed by atoms with Gasteiger partial charge in [0, 0.05) is 24.5 Å². The van der Waals surface area contributed by atoms with E-state index in [-0.39, 0.29) is 6.04 Å². The standard InChI is InChI=1S/C27H36BrClN4O2Si/c1-35-20-11-9-18(10-12-20)13-19-7-5-6-8-25(34)24(33-17-26(31-32-33)36(2,3)4)15-21-23(14-19)30-16-22(28)27(21)29/h9-12,16-17,19,24-25,34H,5-8,13-15H2,1-4H3/t19?,24-,25-/m0/s1. The Kier molecular flexibility index (Phi) is 8.91. The van der Waals surface area contributed by atoms with E-state index < -0.39 is 14.2 Å². The largest absolute Gasteiger partial charge is 0.497 e. The van der Waals surface area contributed by atoms with Crippen LogP contribution in [0.25, 0.3) is 0 Å². The summed E-state index contributed by atoms with van der Waals surface area (Å²) in [5, 5.41) is 22.0. The Bertz CT molecular complexity index is 1170. The van der Waals surface area contributed by atoms with Crippen LogP contribution < -0.4 is 10.1 Å². The number of nitrogens with zero attached hydrogens (tertiary/aromatic N) is 4. The molecule has 0 saturated heterocycles. The van der Waals surface area contributed by atoms with Crippen LogP contribution in [0.5, 0.6) is 5.75 Å². The number of halogens is 2. The number of methoxy groups -OCH3 is 1. The minimum atomic E-state index is -1.62. The molecule has 1 aliphatic rings. The minimum Gasteiger partial charge on any atom is -0.497 e. The Labute approximate surface area is 228 Å². The molecule has 0 saturated carbocycles. The predicted molar refractivity (Wildman–Crippen MR) is 151 cm³/mol. The molecule has 3 aromatic rings. The monoisotopic (exact) mass is 590 g/mol. The van der Waals surface area contributed by atoms with E-state index >= 15 is 0 Å². The average Bonchev–Trinajstić information content (AvgIpc) is 3.33. The first-order valence-electron chi connectivity index (χ1n) is 12.7. The van der Waals surface area contributed by atoms with Gasteiger partial charge in [-0.3, -0.25) is 4.98 Å². The Morgan fingerprint density at radius 2 is 1.86 bits per heavy atom. The summed E-state index contributed by atoms with van der Waals surface area (Å²) < 4.78 is 7.97. The highest BCUT2D eigenvalue weighted by Crippen LogP contribution is 2.35. The Morgan fingerprint density at radius 1 is 1.14 bits per heavy atom. The molecule has 4 rings (SSSR count). The maximum absolute atomic E-state index is 11.3. The third-order valence-corrected chi connectivity index (χ3v) is 10.2. The lowest BCUT2D eigenvalue weighted by Crippen LogP contribution is -2.39. The molecule has 0 fully saturated rings. The number of aliphatic hydroxyl groups excluding tert-OH is 1. The van der Waals surface area contributed by atoms with Crippen LogP contribution in [0.3, 0.4) is 0 Å². The van der Waals surface area contributed by atoms with Gasteiger partial charge in [0.25, 0.3) is 0 Å². The van der Waals surface area contributed by atoms with Crippen LogP contribution in [0.2, 0.25) is 24.7 Å². The maximum Gasteiger partial charge on any atom is 0.118 e. The third kappa shape index (κ3) is 6.57. The van der Waals surface area contributed by atoms with Crippen molar-refractivity contribution in [3.8, 4) is 5.75 Å². The molecule has 194 valence electrons. The van der Waals surface area contributed by atoms with E-state index in [1.807, 2.05) is 23.0 Å². The van der Waals surface area contributed by atoms with Crippen LogP contribution in [0, 0.1) is 5.92 Å². The maximum atomic E-state index is 11.3. The van der Waals surface area contributed by atoms with Gasteiger partial charge in [-0.1, -0.05) is 61.4 Å². The Morgan fingerprint density at radius 3 is 2.53 bits per heavy atom. The molecule has 1 aromatic carbocycles. The van der Waals surface area contributed by atoms with Gasteiger partial charge in [0.2, 0.25) is 0 Å². The van der Waals surface area contributed by atoms with E-state index in [1.165, 1.54) is 5.56 Å². The quantitative estimate of drug-likeness (QED) is 0.382. The highest BCUT2D eigenvalue weighted by atomic mass is 79.9. The minimum absolute atomic E-state index is 0.243. The number of hydrogen-bond acceptors (Lipinski definition) is 5. The van der Waals surface area contributed by atoms with E-state index in [4.69, 9.17) is 21.3 Å². The van der Waals surface area contributed by atoms with Gasteiger partial charge in [0.15, 0.2) is 0 Å². The molecule has 36 heavy (non-hydrogen) atoms. The van der Waals surface area contributed by atoms with Gasteiger partial charge >= 0.3 is 0 Å². The number of rotatable bonds is 5. The van der Waals surface area contributed by atoms with Crippen molar-refractivity contribution in [1.29, 1.82) is 0 Å². The summed E-state index contributed by atoms with van der Waals surface area (Å²) in [4.78, 5) is 4.83. The number of pyridine rings is 1. The molecule has 1 N–H and O–H groups in total. The van der Waals surface area contributed by atoms with Crippen molar-refractivity contribution in [2.24, 2.45) is 5.92 Å². The highest BCUT2D eigenvalue weighted by molar-refractivity contribution is 9.10. The van der Waals surface area contributed by atoms with Crippen molar-refractivity contribution < 1.29 is 9.84 Å². The molecular formula is C27H36BrClN4O2Si. The highest BCUT2D eigenvalue weighted by Gasteiger charge is 2.29. The van der Waals surface area contributed by atoms with Crippen LogP contribution in [0.1, 0.15) is 48.5 Å². The summed E-state index contributed by atoms with van der Waals surface area (Å²) in [5.74, 6) is 1.30. The molecule has 1 unspecified atom stereocenters. The fourth-order valence-electron chi connectivity index (χ4n) is 4.94. The van der Waals surface area contributed by atoms with Gasteiger partial charge in [-0.2, -0.15) is 0 Å². The van der Waals surface area contributed by atoms with Gasteiger partial charge in [0.05, 0.1) is 34.1 Å². The summed E-state index contributed by atoms with van der Waals surface area (Å²) >= 11 is 10.4. The second-order valence-corrected chi connectivity index (χ2v) is 17.2. The molecule has 6 nitrogen and oxygen atoms in total. The van der Waals surface area contributed by atoms with Gasteiger partial charge in [-0.15, -0.1) is 5.10 Å². The summed E-state index contributed by atoms with van der Waals surface area (Å²) in [6.45, 7) is 6.77. The summed E-state index contributed by atoms with van der Waals surface area (Å²) in [6, 6.07) is 8.09. The van der Waals surface area contributed by atoms with Gasteiger partial charge in [-0.25, -0.2) is 4.68 Å². The van der Waals surface area contributed by atoms with Crippen molar-refractivity contribution in [3.63, 3.8) is 0 Å². The van der Waals surface area contributed by atoms with E-state index in [2.05, 4.69) is 58.0 Å². The summed E-state index contributed by atoms with van der Waals surface area (Å²) in [7, 11) is 0.0706. The SMILES string of the molecule is COc1ccc(CC2CCCC[C@H](O)[C@@H](n3cc([Si](C)(C)C)nn3)Cc3c(ncc(Br)c3Cl)C2)cc1. The Balaban J connectivity index is 1.67. The number of ether oxygens (including phenoxy) is 1. The number of aliphatic hydroxyl groups is 1. The summed E-state index contributed by atoms with van der Waals surface area (Å²) in [5.41, 5.74) is 3.29. The van der Waals surface area contributed by atoms with Gasteiger partial charge in [-0.05, 0) is 70.8 Å². The Hall–Kier alpha value is -1.74. The molecule has 0 spiro atoms. The van der Waals surface area contributed by atoms with Crippen LogP contribution in [-0.2, 0) is 19.3 Å². The number of aromatic nitrogens is 4. The third-order valence-electron chi connectivity index (χ3n) is 7.16. The zero-order valence-corrected chi connectivity index (χ0v) is 24.9. The predicted octanol–water partition coefficient (Wildman–Crippen LogP) is 5.76.